The Labute approximate surface area is 136 Å². The van der Waals surface area contributed by atoms with Crippen LogP contribution in [-0.2, 0) is 11.3 Å². The highest BCUT2D eigenvalue weighted by Crippen LogP contribution is 2.32. The number of aromatic nitrogens is 2. The van der Waals surface area contributed by atoms with Crippen molar-refractivity contribution in [2.24, 2.45) is 11.8 Å². The second-order valence-electron chi connectivity index (χ2n) is 6.88. The van der Waals surface area contributed by atoms with Gasteiger partial charge in [0.15, 0.2) is 0 Å². The van der Waals surface area contributed by atoms with Crippen molar-refractivity contribution >= 4 is 11.7 Å². The zero-order valence-corrected chi connectivity index (χ0v) is 13.4. The minimum Gasteiger partial charge on any atom is -0.376 e. The number of likely N-dealkylation sites (tertiary alicyclic amines) is 1. The third-order valence-corrected chi connectivity index (χ3v) is 5.21. The number of hydrogen-bond acceptors (Lipinski definition) is 3. The molecule has 23 heavy (non-hydrogen) atoms. The van der Waals surface area contributed by atoms with Gasteiger partial charge in [0.2, 0.25) is 0 Å². The van der Waals surface area contributed by atoms with Gasteiger partial charge in [0, 0.05) is 25.9 Å². The standard InChI is InChI=1S/C17H24N4O2/c22-17(20-9-13-4-1-2-5-14(13)10-20)19-15-8-18-21(11-15)12-16-6-3-7-23-16/h1-2,8,11,13-14,16H,3-7,9-10,12H2,(H,19,22). The van der Waals surface area contributed by atoms with Crippen molar-refractivity contribution in [3.63, 3.8) is 0 Å². The molecule has 1 aromatic heterocycles. The van der Waals surface area contributed by atoms with E-state index in [1.54, 1.807) is 6.20 Å². The second-order valence-corrected chi connectivity index (χ2v) is 6.88. The summed E-state index contributed by atoms with van der Waals surface area (Å²) in [5.74, 6) is 1.26. The molecule has 2 fully saturated rings. The van der Waals surface area contributed by atoms with E-state index in [-0.39, 0.29) is 12.1 Å². The number of urea groups is 1. The van der Waals surface area contributed by atoms with Crippen LogP contribution in [0.25, 0.3) is 0 Å². The van der Waals surface area contributed by atoms with Crippen molar-refractivity contribution < 1.29 is 9.53 Å². The van der Waals surface area contributed by atoms with E-state index >= 15 is 0 Å². The molecule has 0 spiro atoms. The van der Waals surface area contributed by atoms with Crippen LogP contribution in [0.15, 0.2) is 24.5 Å². The van der Waals surface area contributed by atoms with Gasteiger partial charge in [0.05, 0.1) is 24.5 Å². The molecule has 3 atom stereocenters. The molecule has 2 saturated heterocycles. The SMILES string of the molecule is O=C(Nc1cnn(CC2CCCO2)c1)N1CC2CC=CCC2C1. The molecule has 0 aromatic carbocycles. The lowest BCUT2D eigenvalue weighted by molar-refractivity contribution is 0.0940. The minimum absolute atomic E-state index is 0.00364. The summed E-state index contributed by atoms with van der Waals surface area (Å²) >= 11 is 0. The zero-order chi connectivity index (χ0) is 15.6. The predicted octanol–water partition coefficient (Wildman–Crippen LogP) is 2.49. The van der Waals surface area contributed by atoms with E-state index in [1.165, 1.54) is 0 Å². The summed E-state index contributed by atoms with van der Waals surface area (Å²) in [4.78, 5) is 14.4. The number of allylic oxidation sites excluding steroid dienone is 2. The maximum absolute atomic E-state index is 12.4. The first kappa shape index (κ1) is 14.8. The summed E-state index contributed by atoms with van der Waals surface area (Å²) in [6, 6.07) is -0.00364. The van der Waals surface area contributed by atoms with E-state index in [9.17, 15) is 4.79 Å². The highest BCUT2D eigenvalue weighted by Gasteiger charge is 2.35. The third kappa shape index (κ3) is 3.27. The van der Waals surface area contributed by atoms with Gasteiger partial charge in [-0.3, -0.25) is 4.68 Å². The molecular weight excluding hydrogens is 292 g/mol. The van der Waals surface area contributed by atoms with Crippen molar-refractivity contribution in [3.05, 3.63) is 24.5 Å². The lowest BCUT2D eigenvalue weighted by Crippen LogP contribution is -2.33. The maximum atomic E-state index is 12.4. The van der Waals surface area contributed by atoms with Gasteiger partial charge in [-0.1, -0.05) is 12.2 Å². The van der Waals surface area contributed by atoms with Gasteiger partial charge in [-0.2, -0.15) is 5.10 Å². The fourth-order valence-corrected chi connectivity index (χ4v) is 3.91. The van der Waals surface area contributed by atoms with Gasteiger partial charge < -0.3 is 15.0 Å². The number of nitrogens with one attached hydrogen (secondary N) is 1. The van der Waals surface area contributed by atoms with Crippen molar-refractivity contribution in [1.29, 1.82) is 0 Å². The van der Waals surface area contributed by atoms with Crippen LogP contribution in [0, 0.1) is 11.8 Å². The summed E-state index contributed by atoms with van der Waals surface area (Å²) in [7, 11) is 0. The van der Waals surface area contributed by atoms with E-state index in [0.29, 0.717) is 11.8 Å². The van der Waals surface area contributed by atoms with Crippen molar-refractivity contribution in [1.82, 2.24) is 14.7 Å². The number of amides is 2. The van der Waals surface area contributed by atoms with E-state index in [0.717, 1.165) is 57.6 Å². The molecule has 2 amide bonds. The highest BCUT2D eigenvalue weighted by molar-refractivity contribution is 5.89. The molecule has 1 aliphatic carbocycles. The molecule has 3 aliphatic rings. The van der Waals surface area contributed by atoms with Gasteiger partial charge in [-0.15, -0.1) is 0 Å². The van der Waals surface area contributed by atoms with E-state index in [2.05, 4.69) is 22.6 Å². The molecular formula is C17H24N4O2. The molecule has 0 bridgehead atoms. The average molecular weight is 316 g/mol. The van der Waals surface area contributed by atoms with Crippen LogP contribution in [0.4, 0.5) is 10.5 Å². The molecule has 0 radical (unpaired) electrons. The van der Waals surface area contributed by atoms with E-state index in [1.807, 2.05) is 15.8 Å². The quantitative estimate of drug-likeness (QED) is 0.872. The Morgan fingerprint density at radius 1 is 1.30 bits per heavy atom. The molecule has 0 saturated carbocycles. The molecule has 6 nitrogen and oxygen atoms in total. The van der Waals surface area contributed by atoms with Crippen LogP contribution in [0.5, 0.6) is 0 Å². The normalized spacial score (nSPS) is 29.7. The molecule has 3 heterocycles. The van der Waals surface area contributed by atoms with Gasteiger partial charge >= 0.3 is 6.03 Å². The van der Waals surface area contributed by atoms with Crippen molar-refractivity contribution in [2.45, 2.75) is 38.3 Å². The molecule has 1 aromatic rings. The fraction of sp³-hybridized carbons (Fsp3) is 0.647. The Morgan fingerprint density at radius 3 is 2.78 bits per heavy atom. The van der Waals surface area contributed by atoms with Crippen molar-refractivity contribution in [3.8, 4) is 0 Å². The van der Waals surface area contributed by atoms with E-state index in [4.69, 9.17) is 4.74 Å². The van der Waals surface area contributed by atoms with Crippen LogP contribution in [0.2, 0.25) is 0 Å². The fourth-order valence-electron chi connectivity index (χ4n) is 3.91. The second kappa shape index (κ2) is 6.35. The van der Waals surface area contributed by atoms with Crippen LogP contribution >= 0.6 is 0 Å². The maximum Gasteiger partial charge on any atom is 0.321 e. The first-order chi connectivity index (χ1) is 11.3. The average Bonchev–Trinajstić information content (AvgIpc) is 3.28. The molecule has 6 heteroatoms. The monoisotopic (exact) mass is 316 g/mol. The minimum atomic E-state index is -0.00364. The molecule has 124 valence electrons. The summed E-state index contributed by atoms with van der Waals surface area (Å²) in [6.45, 7) is 3.34. The topological polar surface area (TPSA) is 59.4 Å². The number of hydrogen-bond donors (Lipinski definition) is 1. The van der Waals surface area contributed by atoms with Crippen LogP contribution in [0.3, 0.4) is 0 Å². The zero-order valence-electron chi connectivity index (χ0n) is 13.4. The molecule has 1 N–H and O–H groups in total. The Bertz CT molecular complexity index is 575. The lowest BCUT2D eigenvalue weighted by atomic mass is 9.86. The van der Waals surface area contributed by atoms with Gasteiger partial charge in [-0.25, -0.2) is 4.79 Å². The Kier molecular flexibility index (Phi) is 4.08. The Balaban J connectivity index is 1.31. The van der Waals surface area contributed by atoms with Gasteiger partial charge in [-0.05, 0) is 37.5 Å². The van der Waals surface area contributed by atoms with Crippen LogP contribution < -0.4 is 5.32 Å². The van der Waals surface area contributed by atoms with Crippen LogP contribution in [-0.4, -0.2) is 46.5 Å². The Morgan fingerprint density at radius 2 is 2.09 bits per heavy atom. The lowest BCUT2D eigenvalue weighted by Gasteiger charge is -2.17. The molecule has 2 aliphatic heterocycles. The van der Waals surface area contributed by atoms with Crippen LogP contribution in [0.1, 0.15) is 25.7 Å². The highest BCUT2D eigenvalue weighted by atomic mass is 16.5. The summed E-state index contributed by atoms with van der Waals surface area (Å²) in [5.41, 5.74) is 0.765. The van der Waals surface area contributed by atoms with Gasteiger partial charge in [0.1, 0.15) is 0 Å². The third-order valence-electron chi connectivity index (χ3n) is 5.21. The first-order valence-electron chi connectivity index (χ1n) is 8.63. The number of carbonyl (C=O) groups excluding carboxylic acids is 1. The number of carbonyl (C=O) groups is 1. The van der Waals surface area contributed by atoms with Gasteiger partial charge in [0.25, 0.3) is 0 Å². The largest absolute Gasteiger partial charge is 0.376 e. The number of anilines is 1. The summed E-state index contributed by atoms with van der Waals surface area (Å²) < 4.78 is 7.48. The number of rotatable bonds is 3. The first-order valence-corrected chi connectivity index (χ1v) is 8.63. The molecule has 4 rings (SSSR count). The predicted molar refractivity (Wildman–Crippen MR) is 87.1 cm³/mol. The summed E-state index contributed by atoms with van der Waals surface area (Å²) in [6.07, 6.45) is 12.8. The Hall–Kier alpha value is -1.82. The number of nitrogens with zero attached hydrogens (tertiary/aromatic N) is 3. The number of fused-ring (bicyclic) bond motifs is 1. The van der Waals surface area contributed by atoms with E-state index < -0.39 is 0 Å². The smallest absolute Gasteiger partial charge is 0.321 e. The number of ether oxygens (including phenoxy) is 1. The van der Waals surface area contributed by atoms with Crippen molar-refractivity contribution in [2.75, 3.05) is 25.0 Å². The molecule has 3 unspecified atom stereocenters. The summed E-state index contributed by atoms with van der Waals surface area (Å²) in [5, 5.41) is 7.31.